The van der Waals surface area contributed by atoms with Gasteiger partial charge in [0, 0.05) is 0 Å². The Morgan fingerprint density at radius 1 is 0.895 bits per heavy atom. The Balaban J connectivity index is 2.19. The average Bonchev–Trinajstić information content (AvgIpc) is 2.46. The molecule has 19 heavy (non-hydrogen) atoms. The fourth-order valence-corrected chi connectivity index (χ4v) is 1.50. The fraction of sp³-hybridized carbons (Fsp3) is 0. The molecule has 0 aliphatic heterocycles. The standard InChI is InChI=1S/C14H12N2O3/c15-14(18)16(12-9-5-2-6-10-12)19-13(17)11-7-3-1-4-8-11/h1-10H,(H2,15,18). The lowest BCUT2D eigenvalue weighted by molar-refractivity contribution is 0.0488. The Kier molecular flexibility index (Phi) is 3.78. The highest BCUT2D eigenvalue weighted by atomic mass is 16.7. The number of anilines is 1. The van der Waals surface area contributed by atoms with Crippen LogP contribution in [0.2, 0.25) is 0 Å². The number of nitrogens with zero attached hydrogens (tertiary/aromatic N) is 1. The number of rotatable bonds is 2. The van der Waals surface area contributed by atoms with Crippen LogP contribution in [0.1, 0.15) is 10.4 Å². The van der Waals surface area contributed by atoms with Crippen LogP contribution in [0.5, 0.6) is 0 Å². The summed E-state index contributed by atoms with van der Waals surface area (Å²) in [5, 5.41) is 0.759. The SMILES string of the molecule is NC(=O)N(OC(=O)c1ccccc1)c1ccccc1. The average molecular weight is 256 g/mol. The van der Waals surface area contributed by atoms with E-state index in [1.165, 1.54) is 0 Å². The largest absolute Gasteiger partial charge is 0.363 e. The van der Waals surface area contributed by atoms with Crippen LogP contribution in [-0.4, -0.2) is 12.0 Å². The third-order valence-electron chi connectivity index (χ3n) is 2.37. The lowest BCUT2D eigenvalue weighted by Crippen LogP contribution is -2.37. The van der Waals surface area contributed by atoms with Crippen LogP contribution in [0, 0.1) is 0 Å². The van der Waals surface area contributed by atoms with E-state index in [9.17, 15) is 9.59 Å². The normalized spacial score (nSPS) is 9.68. The van der Waals surface area contributed by atoms with E-state index in [0.717, 1.165) is 5.06 Å². The number of hydrogen-bond acceptors (Lipinski definition) is 3. The Morgan fingerprint density at radius 3 is 1.95 bits per heavy atom. The number of amides is 2. The van der Waals surface area contributed by atoms with E-state index in [0.29, 0.717) is 11.3 Å². The Hall–Kier alpha value is -2.82. The number of hydroxylamine groups is 1. The summed E-state index contributed by atoms with van der Waals surface area (Å²) in [6.07, 6.45) is 0. The fourth-order valence-electron chi connectivity index (χ4n) is 1.50. The number of carbonyl (C=O) groups is 2. The summed E-state index contributed by atoms with van der Waals surface area (Å²) in [6, 6.07) is 15.9. The van der Waals surface area contributed by atoms with Crippen LogP contribution in [0.15, 0.2) is 60.7 Å². The van der Waals surface area contributed by atoms with Gasteiger partial charge in [-0.15, -0.1) is 5.06 Å². The van der Waals surface area contributed by atoms with E-state index in [4.69, 9.17) is 10.6 Å². The molecule has 0 aliphatic carbocycles. The van der Waals surface area contributed by atoms with Crippen LogP contribution in [0.3, 0.4) is 0 Å². The molecule has 5 heteroatoms. The van der Waals surface area contributed by atoms with Gasteiger partial charge in [0.25, 0.3) is 0 Å². The zero-order valence-corrected chi connectivity index (χ0v) is 10.0. The van der Waals surface area contributed by atoms with E-state index in [2.05, 4.69) is 0 Å². The molecule has 2 rings (SSSR count). The first-order valence-corrected chi connectivity index (χ1v) is 5.60. The van der Waals surface area contributed by atoms with Crippen molar-refractivity contribution in [3.05, 3.63) is 66.2 Å². The molecule has 0 spiro atoms. The molecule has 5 nitrogen and oxygen atoms in total. The summed E-state index contributed by atoms with van der Waals surface area (Å²) in [5.41, 5.74) is 5.93. The molecular formula is C14H12N2O3. The van der Waals surface area contributed by atoms with E-state index in [1.807, 2.05) is 0 Å². The van der Waals surface area contributed by atoms with Crippen molar-refractivity contribution in [2.75, 3.05) is 5.06 Å². The second-order valence-electron chi connectivity index (χ2n) is 3.71. The molecule has 0 saturated heterocycles. The van der Waals surface area contributed by atoms with Gasteiger partial charge in [-0.3, -0.25) is 0 Å². The van der Waals surface area contributed by atoms with E-state index < -0.39 is 12.0 Å². The van der Waals surface area contributed by atoms with Crippen LogP contribution in [0.4, 0.5) is 10.5 Å². The van der Waals surface area contributed by atoms with Crippen molar-refractivity contribution in [1.29, 1.82) is 0 Å². The highest BCUT2D eigenvalue weighted by molar-refractivity contribution is 5.95. The molecule has 2 aromatic carbocycles. The molecule has 2 aromatic rings. The number of benzene rings is 2. The van der Waals surface area contributed by atoms with Gasteiger partial charge in [-0.05, 0) is 24.3 Å². The topological polar surface area (TPSA) is 72.6 Å². The molecule has 2 amide bonds. The molecule has 2 N–H and O–H groups in total. The quantitative estimate of drug-likeness (QED) is 0.838. The van der Waals surface area contributed by atoms with Gasteiger partial charge in [-0.1, -0.05) is 36.4 Å². The smallest absolute Gasteiger partial charge is 0.349 e. The molecule has 0 aliphatic rings. The summed E-state index contributed by atoms with van der Waals surface area (Å²) in [7, 11) is 0. The minimum atomic E-state index is -0.865. The van der Waals surface area contributed by atoms with Crippen molar-refractivity contribution in [1.82, 2.24) is 0 Å². The molecule has 0 saturated carbocycles. The van der Waals surface area contributed by atoms with Gasteiger partial charge >= 0.3 is 12.0 Å². The summed E-state index contributed by atoms with van der Waals surface area (Å²) in [4.78, 5) is 28.2. The zero-order valence-electron chi connectivity index (χ0n) is 10.0. The molecule has 0 radical (unpaired) electrons. The van der Waals surface area contributed by atoms with Crippen LogP contribution >= 0.6 is 0 Å². The molecule has 0 fully saturated rings. The summed E-state index contributed by atoms with van der Waals surface area (Å²) < 4.78 is 0. The molecule has 0 unspecified atom stereocenters. The van der Waals surface area contributed by atoms with Gasteiger partial charge in [0.1, 0.15) is 0 Å². The first kappa shape index (κ1) is 12.6. The number of hydrogen-bond donors (Lipinski definition) is 1. The maximum absolute atomic E-state index is 11.9. The van der Waals surface area contributed by atoms with Crippen molar-refractivity contribution in [3.8, 4) is 0 Å². The summed E-state index contributed by atoms with van der Waals surface area (Å²) >= 11 is 0. The van der Waals surface area contributed by atoms with Gasteiger partial charge in [-0.25, -0.2) is 9.59 Å². The number of primary amides is 1. The summed E-state index contributed by atoms with van der Waals surface area (Å²) in [6.45, 7) is 0. The molecule has 96 valence electrons. The molecule has 0 aromatic heterocycles. The molecular weight excluding hydrogens is 244 g/mol. The third kappa shape index (κ3) is 3.10. The maximum Gasteiger partial charge on any atom is 0.363 e. The van der Waals surface area contributed by atoms with E-state index >= 15 is 0 Å². The second-order valence-corrected chi connectivity index (χ2v) is 3.71. The van der Waals surface area contributed by atoms with Crippen LogP contribution in [0.25, 0.3) is 0 Å². The first-order chi connectivity index (χ1) is 9.18. The minimum Gasteiger partial charge on any atom is -0.349 e. The number of urea groups is 1. The van der Waals surface area contributed by atoms with Gasteiger partial charge in [0.2, 0.25) is 0 Å². The van der Waals surface area contributed by atoms with Crippen molar-refractivity contribution >= 4 is 17.7 Å². The number of nitrogens with two attached hydrogens (primary N) is 1. The first-order valence-electron chi connectivity index (χ1n) is 5.60. The second kappa shape index (κ2) is 5.68. The zero-order chi connectivity index (χ0) is 13.7. The monoisotopic (exact) mass is 256 g/mol. The molecule has 0 atom stereocenters. The molecule has 0 heterocycles. The lowest BCUT2D eigenvalue weighted by atomic mass is 10.2. The van der Waals surface area contributed by atoms with Crippen molar-refractivity contribution < 1.29 is 14.4 Å². The van der Waals surface area contributed by atoms with E-state index in [1.54, 1.807) is 60.7 Å². The van der Waals surface area contributed by atoms with Gasteiger partial charge in [0.15, 0.2) is 0 Å². The van der Waals surface area contributed by atoms with Crippen LogP contribution in [-0.2, 0) is 4.84 Å². The number of para-hydroxylation sites is 1. The van der Waals surface area contributed by atoms with E-state index in [-0.39, 0.29) is 0 Å². The highest BCUT2D eigenvalue weighted by Gasteiger charge is 2.18. The predicted octanol–water partition coefficient (Wildman–Crippen LogP) is 2.34. The Labute approximate surface area is 110 Å². The maximum atomic E-state index is 11.9. The van der Waals surface area contributed by atoms with Crippen LogP contribution < -0.4 is 10.8 Å². The third-order valence-corrected chi connectivity index (χ3v) is 2.37. The lowest BCUT2D eigenvalue weighted by Gasteiger charge is -2.18. The van der Waals surface area contributed by atoms with Crippen molar-refractivity contribution in [3.63, 3.8) is 0 Å². The van der Waals surface area contributed by atoms with Gasteiger partial charge in [-0.2, -0.15) is 0 Å². The highest BCUT2D eigenvalue weighted by Crippen LogP contribution is 2.15. The van der Waals surface area contributed by atoms with Gasteiger partial charge in [0.05, 0.1) is 11.3 Å². The van der Waals surface area contributed by atoms with Crippen molar-refractivity contribution in [2.24, 2.45) is 5.73 Å². The Morgan fingerprint density at radius 2 is 1.42 bits per heavy atom. The Bertz CT molecular complexity index is 570. The number of carbonyl (C=O) groups excluding carboxylic acids is 2. The van der Waals surface area contributed by atoms with Gasteiger partial charge < -0.3 is 10.6 Å². The molecule has 0 bridgehead atoms. The van der Waals surface area contributed by atoms with Crippen molar-refractivity contribution in [2.45, 2.75) is 0 Å². The summed E-state index contributed by atoms with van der Waals surface area (Å²) in [5.74, 6) is -0.650. The predicted molar refractivity (Wildman–Crippen MR) is 70.4 cm³/mol. The minimum absolute atomic E-state index is 0.338.